The molecule has 0 spiro atoms. The zero-order valence-electron chi connectivity index (χ0n) is 10.4. The lowest BCUT2D eigenvalue weighted by molar-refractivity contribution is -0.122. The summed E-state index contributed by atoms with van der Waals surface area (Å²) < 4.78 is 7.18. The number of amides is 1. The summed E-state index contributed by atoms with van der Waals surface area (Å²) in [6, 6.07) is 0. The van der Waals surface area contributed by atoms with Crippen molar-refractivity contribution in [3.8, 4) is 0 Å². The lowest BCUT2D eigenvalue weighted by Gasteiger charge is -2.40. The molecule has 6 heteroatoms. The van der Waals surface area contributed by atoms with Crippen molar-refractivity contribution in [2.75, 3.05) is 46.4 Å². The molecule has 0 aromatic rings. The van der Waals surface area contributed by atoms with E-state index < -0.39 is 4.75 Å². The summed E-state index contributed by atoms with van der Waals surface area (Å²) in [5.41, 5.74) is 5.59. The van der Waals surface area contributed by atoms with Gasteiger partial charge in [0.25, 0.3) is 0 Å². The quantitative estimate of drug-likeness (QED) is 0.718. The lowest BCUT2D eigenvalue weighted by atomic mass is 9.98. The Balaban J connectivity index is 1.95. The van der Waals surface area contributed by atoms with E-state index in [-0.39, 0.29) is 5.91 Å². The molecule has 0 saturated carbocycles. The van der Waals surface area contributed by atoms with Crippen LogP contribution in [0.3, 0.4) is 0 Å². The van der Waals surface area contributed by atoms with E-state index >= 15 is 0 Å². The first kappa shape index (κ1) is 13.1. The van der Waals surface area contributed by atoms with Gasteiger partial charge in [0.15, 0.2) is 0 Å². The third-order valence-electron chi connectivity index (χ3n) is 3.52. The van der Waals surface area contributed by atoms with Crippen LogP contribution in [0.5, 0.6) is 0 Å². The van der Waals surface area contributed by atoms with Gasteiger partial charge in [-0.25, -0.2) is 4.31 Å². The molecule has 2 saturated heterocycles. The molecule has 0 aliphatic carbocycles. The van der Waals surface area contributed by atoms with Crippen molar-refractivity contribution in [1.29, 1.82) is 0 Å². The van der Waals surface area contributed by atoms with E-state index in [9.17, 15) is 4.79 Å². The molecule has 0 atom stereocenters. The molecule has 0 aromatic carbocycles. The van der Waals surface area contributed by atoms with E-state index in [1.54, 1.807) is 11.9 Å². The Bertz CT molecular complexity index is 274. The number of piperazine rings is 1. The molecular formula is C11H21N3O2S. The minimum absolute atomic E-state index is 0.190. The molecule has 2 rings (SSSR count). The highest BCUT2D eigenvalue weighted by Crippen LogP contribution is 2.37. The predicted octanol–water partition coefficient (Wildman–Crippen LogP) is -0.0835. The molecule has 0 aromatic heterocycles. The Morgan fingerprint density at radius 1 is 1.24 bits per heavy atom. The van der Waals surface area contributed by atoms with Crippen molar-refractivity contribution in [2.24, 2.45) is 5.73 Å². The van der Waals surface area contributed by atoms with E-state index in [1.807, 2.05) is 0 Å². The molecule has 98 valence electrons. The van der Waals surface area contributed by atoms with Crippen LogP contribution in [0, 0.1) is 0 Å². The number of rotatable bonds is 3. The summed E-state index contributed by atoms with van der Waals surface area (Å²) in [5, 5.41) is 0. The second-order valence-corrected chi connectivity index (χ2v) is 6.27. The first-order chi connectivity index (χ1) is 8.12. The van der Waals surface area contributed by atoms with Crippen LogP contribution < -0.4 is 5.73 Å². The smallest absolute Gasteiger partial charge is 0.235 e. The van der Waals surface area contributed by atoms with Gasteiger partial charge in [-0.1, -0.05) is 11.9 Å². The van der Waals surface area contributed by atoms with Crippen LogP contribution in [0.15, 0.2) is 0 Å². The SMILES string of the molecule is CN1CCN(SC2(C(N)=O)CCOCC2)CC1. The van der Waals surface area contributed by atoms with E-state index in [1.165, 1.54) is 0 Å². The maximum atomic E-state index is 11.7. The zero-order chi connectivity index (χ0) is 12.3. The Kier molecular flexibility index (Phi) is 4.30. The Labute approximate surface area is 107 Å². The molecule has 2 fully saturated rings. The molecule has 17 heavy (non-hydrogen) atoms. The number of nitrogens with two attached hydrogens (primary N) is 1. The van der Waals surface area contributed by atoms with Crippen molar-refractivity contribution >= 4 is 17.9 Å². The Morgan fingerprint density at radius 2 is 1.82 bits per heavy atom. The van der Waals surface area contributed by atoms with Crippen molar-refractivity contribution in [3.05, 3.63) is 0 Å². The van der Waals surface area contributed by atoms with Gasteiger partial charge < -0.3 is 15.4 Å². The summed E-state index contributed by atoms with van der Waals surface area (Å²) in [6.07, 6.45) is 1.47. The van der Waals surface area contributed by atoms with Crippen LogP contribution >= 0.6 is 11.9 Å². The van der Waals surface area contributed by atoms with E-state index in [4.69, 9.17) is 10.5 Å². The van der Waals surface area contributed by atoms with Crippen LogP contribution in [0.4, 0.5) is 0 Å². The van der Waals surface area contributed by atoms with Crippen molar-refractivity contribution in [3.63, 3.8) is 0 Å². The van der Waals surface area contributed by atoms with Crippen LogP contribution in [-0.2, 0) is 9.53 Å². The zero-order valence-corrected chi connectivity index (χ0v) is 11.2. The number of ether oxygens (including phenoxy) is 1. The van der Waals surface area contributed by atoms with Crippen LogP contribution in [-0.4, -0.2) is 66.3 Å². The predicted molar refractivity (Wildman–Crippen MR) is 68.6 cm³/mol. The van der Waals surface area contributed by atoms with E-state index in [2.05, 4.69) is 16.3 Å². The van der Waals surface area contributed by atoms with Gasteiger partial charge in [-0.15, -0.1) is 0 Å². The minimum Gasteiger partial charge on any atom is -0.381 e. The second-order valence-electron chi connectivity index (χ2n) is 4.79. The third kappa shape index (κ3) is 3.13. The molecule has 5 nitrogen and oxygen atoms in total. The molecule has 0 unspecified atom stereocenters. The fraction of sp³-hybridized carbons (Fsp3) is 0.909. The number of carbonyl (C=O) groups is 1. The number of primary amides is 1. The standard InChI is InChI=1S/C11H21N3O2S/c1-13-4-6-14(7-5-13)17-11(10(12)15)2-8-16-9-3-11/h2-9H2,1H3,(H2,12,15). The topological polar surface area (TPSA) is 58.8 Å². The first-order valence-corrected chi connectivity index (χ1v) is 6.90. The molecule has 2 aliphatic heterocycles. The number of hydrogen-bond acceptors (Lipinski definition) is 5. The molecular weight excluding hydrogens is 238 g/mol. The third-order valence-corrected chi connectivity index (χ3v) is 5.10. The summed E-state index contributed by atoms with van der Waals surface area (Å²) in [7, 11) is 2.13. The highest BCUT2D eigenvalue weighted by atomic mass is 32.2. The van der Waals surface area contributed by atoms with Gasteiger partial charge in [-0.3, -0.25) is 4.79 Å². The molecule has 1 amide bonds. The molecule has 0 bridgehead atoms. The molecule has 2 N–H and O–H groups in total. The minimum atomic E-state index is -0.436. The average molecular weight is 259 g/mol. The summed E-state index contributed by atoms with van der Waals surface area (Å²) in [4.78, 5) is 14.0. The van der Waals surface area contributed by atoms with Gasteiger partial charge in [-0.05, 0) is 19.9 Å². The van der Waals surface area contributed by atoms with Crippen LogP contribution in [0.1, 0.15) is 12.8 Å². The summed E-state index contributed by atoms with van der Waals surface area (Å²) in [5.74, 6) is -0.190. The highest BCUT2D eigenvalue weighted by molar-refractivity contribution is 7.99. The van der Waals surface area contributed by atoms with Gasteiger partial charge in [0.1, 0.15) is 4.75 Å². The van der Waals surface area contributed by atoms with E-state index in [0.717, 1.165) is 39.0 Å². The summed E-state index contributed by atoms with van der Waals surface area (Å²) >= 11 is 1.65. The summed E-state index contributed by atoms with van der Waals surface area (Å²) in [6.45, 7) is 5.39. The Hall–Kier alpha value is -0.300. The van der Waals surface area contributed by atoms with Gasteiger partial charge in [0, 0.05) is 39.4 Å². The maximum absolute atomic E-state index is 11.7. The van der Waals surface area contributed by atoms with Gasteiger partial charge in [-0.2, -0.15) is 0 Å². The molecule has 0 radical (unpaired) electrons. The fourth-order valence-corrected chi connectivity index (χ4v) is 3.49. The Morgan fingerprint density at radius 3 is 2.35 bits per heavy atom. The number of nitrogens with zero attached hydrogens (tertiary/aromatic N) is 2. The van der Waals surface area contributed by atoms with Gasteiger partial charge in [0.05, 0.1) is 0 Å². The monoisotopic (exact) mass is 259 g/mol. The lowest BCUT2D eigenvalue weighted by Crippen LogP contribution is -2.50. The molecule has 2 aliphatic rings. The van der Waals surface area contributed by atoms with E-state index in [0.29, 0.717) is 13.2 Å². The van der Waals surface area contributed by atoms with Gasteiger partial charge >= 0.3 is 0 Å². The van der Waals surface area contributed by atoms with Crippen LogP contribution in [0.25, 0.3) is 0 Å². The van der Waals surface area contributed by atoms with Crippen molar-refractivity contribution in [2.45, 2.75) is 17.6 Å². The average Bonchev–Trinajstić information content (AvgIpc) is 2.33. The fourth-order valence-electron chi connectivity index (χ4n) is 2.21. The van der Waals surface area contributed by atoms with Crippen molar-refractivity contribution < 1.29 is 9.53 Å². The second kappa shape index (κ2) is 5.56. The van der Waals surface area contributed by atoms with Crippen LogP contribution in [0.2, 0.25) is 0 Å². The van der Waals surface area contributed by atoms with Gasteiger partial charge in [0.2, 0.25) is 5.91 Å². The maximum Gasteiger partial charge on any atom is 0.235 e. The molecule has 2 heterocycles. The highest BCUT2D eigenvalue weighted by Gasteiger charge is 2.41. The number of carbonyl (C=O) groups excluding carboxylic acids is 1. The van der Waals surface area contributed by atoms with Crippen molar-refractivity contribution in [1.82, 2.24) is 9.21 Å². The first-order valence-electron chi connectivity index (χ1n) is 6.13. The largest absolute Gasteiger partial charge is 0.381 e. The number of likely N-dealkylation sites (N-methyl/N-ethyl adjacent to an activating group) is 1. The normalized spacial score (nSPS) is 26.9. The number of hydrogen-bond donors (Lipinski definition) is 1.